The molecule has 0 radical (unpaired) electrons. The van der Waals surface area contributed by atoms with Crippen LogP contribution in [-0.4, -0.2) is 15.0 Å². The number of ether oxygens (including phenoxy) is 1. The second-order valence-corrected chi connectivity index (χ2v) is 19.1. The summed E-state index contributed by atoms with van der Waals surface area (Å²) >= 11 is 0. The van der Waals surface area contributed by atoms with Crippen LogP contribution in [0.4, 0.5) is 0 Å². The van der Waals surface area contributed by atoms with E-state index in [-0.39, 0.29) is 0 Å². The summed E-state index contributed by atoms with van der Waals surface area (Å²) in [5.41, 5.74) is 15.1. The van der Waals surface area contributed by atoms with E-state index in [0.717, 1.165) is 41.3 Å². The second kappa shape index (κ2) is 12.3. The van der Waals surface area contributed by atoms with Crippen LogP contribution < -0.4 is 4.74 Å². The molecule has 3 heterocycles. The van der Waals surface area contributed by atoms with Crippen molar-refractivity contribution in [3.8, 4) is 34.3 Å². The standard InChI is InChI=1S/C57H43N3O2/c1-3-9-31(10-4-1)27-49-58-55(33-17-15-32(16-18-33)50-40-24-23-38-37-22-19-35-29-42(35)53(37)62-54(38)52(40)50)60-56(59-49)36-21-25-45-48(30-36)61-47-14-8-7-13-44(47)57(45)43-12-6-2-5-11-39(43)51-41-28-34(41)20-26-46(51)57/h1,3-4,6-10,12-26,30,34-35,40-42,50,52H,2,5,11,27-29H2. The molecule has 15 rings (SSSR count). The van der Waals surface area contributed by atoms with Gasteiger partial charge in [0, 0.05) is 57.6 Å². The molecule has 0 bridgehead atoms. The molecular formula is C57H43N3O2. The zero-order valence-electron chi connectivity index (χ0n) is 34.3. The molecule has 9 aliphatic rings. The summed E-state index contributed by atoms with van der Waals surface area (Å²) < 4.78 is 13.6. The van der Waals surface area contributed by atoms with Gasteiger partial charge < -0.3 is 9.15 Å². The van der Waals surface area contributed by atoms with Crippen molar-refractivity contribution in [1.29, 1.82) is 0 Å². The SMILES string of the molecule is C1=CC2=C(CCC1)C1=C(C=CC3CC13)C21c2ccccc2Oc2cc(-c3nc(Cc4ccccc4)nc(-c4ccc(C5C6C=Cc7c(oc8c7C=CC7CC87)C65)cc4)n3)ccc21. The van der Waals surface area contributed by atoms with Crippen molar-refractivity contribution in [2.24, 2.45) is 23.7 Å². The molecule has 3 saturated carbocycles. The maximum absolute atomic E-state index is 6.95. The van der Waals surface area contributed by atoms with Crippen molar-refractivity contribution < 1.29 is 9.15 Å². The molecule has 4 aromatic carbocycles. The van der Waals surface area contributed by atoms with Crippen LogP contribution in [-0.2, 0) is 11.8 Å². The minimum atomic E-state index is -0.424. The Hall–Kier alpha value is -6.59. The Bertz CT molecular complexity index is 3160. The van der Waals surface area contributed by atoms with E-state index < -0.39 is 5.41 Å². The molecule has 298 valence electrons. The van der Waals surface area contributed by atoms with Gasteiger partial charge in [-0.1, -0.05) is 134 Å². The van der Waals surface area contributed by atoms with Gasteiger partial charge in [0.1, 0.15) is 28.8 Å². The highest BCUT2D eigenvalue weighted by molar-refractivity contribution is 5.81. The number of nitrogens with zero attached hydrogens (tertiary/aromatic N) is 3. The van der Waals surface area contributed by atoms with E-state index >= 15 is 0 Å². The number of furan rings is 1. The van der Waals surface area contributed by atoms with E-state index in [0.29, 0.717) is 59.5 Å². The summed E-state index contributed by atoms with van der Waals surface area (Å²) in [6, 6.07) is 34.9. The molecule has 6 aromatic rings. The molecule has 3 fully saturated rings. The first-order valence-electron chi connectivity index (χ1n) is 22.9. The predicted molar refractivity (Wildman–Crippen MR) is 242 cm³/mol. The fourth-order valence-corrected chi connectivity index (χ4v) is 12.6. The molecule has 8 atom stereocenters. The number of hydrogen-bond donors (Lipinski definition) is 0. The third kappa shape index (κ3) is 4.71. The Morgan fingerprint density at radius 2 is 1.39 bits per heavy atom. The normalized spacial score (nSPS) is 29.0. The lowest BCUT2D eigenvalue weighted by Gasteiger charge is -2.41. The Labute approximate surface area is 361 Å². The van der Waals surface area contributed by atoms with Crippen LogP contribution >= 0.6 is 0 Å². The summed E-state index contributed by atoms with van der Waals surface area (Å²) in [7, 11) is 0. The number of rotatable bonds is 5. The molecule has 0 amide bonds. The number of fused-ring (bicyclic) bond motifs is 16. The van der Waals surface area contributed by atoms with E-state index in [1.807, 2.05) is 0 Å². The summed E-state index contributed by atoms with van der Waals surface area (Å²) in [5.74, 6) is 10.2. The monoisotopic (exact) mass is 801 g/mol. The maximum Gasteiger partial charge on any atom is 0.163 e. The highest BCUT2D eigenvalue weighted by atomic mass is 16.5. The van der Waals surface area contributed by atoms with Gasteiger partial charge in [0.25, 0.3) is 0 Å². The number of allylic oxidation sites excluding steroid dienone is 10. The van der Waals surface area contributed by atoms with Gasteiger partial charge in [0.05, 0.1) is 5.41 Å². The predicted octanol–water partition coefficient (Wildman–Crippen LogP) is 13.0. The molecular weight excluding hydrogens is 759 g/mol. The van der Waals surface area contributed by atoms with Gasteiger partial charge in [-0.25, -0.2) is 15.0 Å². The average molecular weight is 802 g/mol. The Balaban J connectivity index is 0.823. The van der Waals surface area contributed by atoms with Crippen molar-refractivity contribution in [1.82, 2.24) is 15.0 Å². The third-order valence-corrected chi connectivity index (χ3v) is 15.7. The largest absolute Gasteiger partial charge is 0.464 e. The molecule has 1 spiro atoms. The molecule has 0 N–H and O–H groups in total. The Morgan fingerprint density at radius 1 is 0.629 bits per heavy atom. The van der Waals surface area contributed by atoms with Crippen LogP contribution in [0.5, 0.6) is 11.5 Å². The van der Waals surface area contributed by atoms with Crippen LogP contribution in [0, 0.1) is 23.7 Å². The van der Waals surface area contributed by atoms with Gasteiger partial charge in [-0.2, -0.15) is 0 Å². The summed E-state index contributed by atoms with van der Waals surface area (Å²) in [5, 5.41) is 0. The van der Waals surface area contributed by atoms with Crippen LogP contribution in [0.3, 0.4) is 0 Å². The first-order chi connectivity index (χ1) is 30.7. The number of benzene rings is 4. The van der Waals surface area contributed by atoms with Crippen LogP contribution in [0.25, 0.3) is 34.9 Å². The molecule has 8 unspecified atom stereocenters. The van der Waals surface area contributed by atoms with E-state index in [1.165, 1.54) is 75.3 Å². The smallest absolute Gasteiger partial charge is 0.163 e. The highest BCUT2D eigenvalue weighted by Crippen LogP contribution is 2.68. The van der Waals surface area contributed by atoms with Gasteiger partial charge in [-0.05, 0) is 101 Å². The first-order valence-corrected chi connectivity index (χ1v) is 22.9. The maximum atomic E-state index is 6.95. The minimum Gasteiger partial charge on any atom is -0.464 e. The molecule has 2 aromatic heterocycles. The lowest BCUT2D eigenvalue weighted by atomic mass is 9.64. The molecule has 62 heavy (non-hydrogen) atoms. The number of hydrogen-bond acceptors (Lipinski definition) is 5. The van der Waals surface area contributed by atoms with Gasteiger partial charge >= 0.3 is 0 Å². The average Bonchev–Trinajstić information content (AvgIpc) is 4.25. The topological polar surface area (TPSA) is 61.0 Å². The van der Waals surface area contributed by atoms with Crippen molar-refractivity contribution in [2.45, 2.75) is 61.7 Å². The zero-order chi connectivity index (χ0) is 40.3. The first kappa shape index (κ1) is 34.0. The zero-order valence-corrected chi connectivity index (χ0v) is 34.3. The summed E-state index contributed by atoms with van der Waals surface area (Å²) in [4.78, 5) is 15.6. The third-order valence-electron chi connectivity index (χ3n) is 15.7. The van der Waals surface area contributed by atoms with Crippen LogP contribution in [0.1, 0.15) is 101 Å². The fraction of sp³-hybridized carbons (Fsp3) is 0.246. The molecule has 0 saturated heterocycles. The minimum absolute atomic E-state index is 0.406. The summed E-state index contributed by atoms with van der Waals surface area (Å²) in [6.07, 6.45) is 25.8. The quantitative estimate of drug-likeness (QED) is 0.174. The second-order valence-electron chi connectivity index (χ2n) is 19.1. The summed E-state index contributed by atoms with van der Waals surface area (Å²) in [6.45, 7) is 0. The molecule has 8 aliphatic carbocycles. The van der Waals surface area contributed by atoms with Gasteiger partial charge in [0.15, 0.2) is 11.6 Å². The van der Waals surface area contributed by atoms with Gasteiger partial charge in [-0.3, -0.25) is 0 Å². The Kier molecular flexibility index (Phi) is 6.75. The molecule has 5 heteroatoms. The number of para-hydroxylation sites is 1. The lowest BCUT2D eigenvalue weighted by molar-refractivity contribution is 0.435. The molecule has 5 nitrogen and oxygen atoms in total. The van der Waals surface area contributed by atoms with Crippen molar-refractivity contribution in [3.05, 3.63) is 207 Å². The van der Waals surface area contributed by atoms with Crippen molar-refractivity contribution >= 4 is 12.2 Å². The van der Waals surface area contributed by atoms with Crippen LogP contribution in [0.15, 0.2) is 160 Å². The van der Waals surface area contributed by atoms with Crippen molar-refractivity contribution in [2.75, 3.05) is 0 Å². The Morgan fingerprint density at radius 3 is 2.31 bits per heavy atom. The van der Waals surface area contributed by atoms with Crippen LogP contribution in [0.2, 0.25) is 0 Å². The molecule has 1 aliphatic heterocycles. The van der Waals surface area contributed by atoms with E-state index in [9.17, 15) is 0 Å². The van der Waals surface area contributed by atoms with E-state index in [4.69, 9.17) is 24.1 Å². The highest BCUT2D eigenvalue weighted by Gasteiger charge is 2.58. The van der Waals surface area contributed by atoms with E-state index in [2.05, 4.69) is 146 Å². The fourth-order valence-electron chi connectivity index (χ4n) is 12.6. The lowest BCUT2D eigenvalue weighted by Crippen LogP contribution is -2.33. The van der Waals surface area contributed by atoms with E-state index in [1.54, 1.807) is 11.1 Å². The van der Waals surface area contributed by atoms with Crippen molar-refractivity contribution in [3.63, 3.8) is 0 Å². The van der Waals surface area contributed by atoms with Gasteiger partial charge in [0.2, 0.25) is 0 Å². The van der Waals surface area contributed by atoms with Gasteiger partial charge in [-0.15, -0.1) is 0 Å². The number of aromatic nitrogens is 3.